The van der Waals surface area contributed by atoms with Gasteiger partial charge in [-0.1, -0.05) is 23.2 Å². The van der Waals surface area contributed by atoms with E-state index in [0.717, 1.165) is 6.07 Å². The highest BCUT2D eigenvalue weighted by Crippen LogP contribution is 2.33. The summed E-state index contributed by atoms with van der Waals surface area (Å²) in [6.45, 7) is -0.513. The molecule has 3 N–H and O–H groups in total. The second-order valence-corrected chi connectivity index (χ2v) is 6.22. The summed E-state index contributed by atoms with van der Waals surface area (Å²) in [7, 11) is 0. The van der Waals surface area contributed by atoms with Crippen LogP contribution in [0.5, 0.6) is 0 Å². The molecule has 0 fully saturated rings. The number of hydroxylamine groups is 1. The molecule has 2 aromatic rings. The molecule has 2 rings (SSSR count). The lowest BCUT2D eigenvalue weighted by Crippen LogP contribution is -2.26. The molecule has 0 unspecified atom stereocenters. The first kappa shape index (κ1) is 19.8. The maximum atomic E-state index is 14.3. The molecule has 0 saturated heterocycles. The van der Waals surface area contributed by atoms with Crippen molar-refractivity contribution < 1.29 is 23.5 Å². The average Bonchev–Trinajstić information content (AvgIpc) is 2.57. The summed E-state index contributed by atoms with van der Waals surface area (Å²) in [6, 6.07) is 2.40. The number of anilines is 2. The first-order valence-electron chi connectivity index (χ1n) is 6.63. The van der Waals surface area contributed by atoms with E-state index in [-0.39, 0.29) is 39.1 Å². The van der Waals surface area contributed by atoms with E-state index in [2.05, 4.69) is 31.1 Å². The first-order chi connectivity index (χ1) is 11.8. The number of benzene rings is 1. The minimum absolute atomic E-state index is 0.0305. The minimum atomic E-state index is -1.32. The third-order valence-corrected chi connectivity index (χ3v) is 3.89. The van der Waals surface area contributed by atoms with Gasteiger partial charge in [-0.05, 0) is 28.1 Å². The quantitative estimate of drug-likeness (QED) is 0.349. The van der Waals surface area contributed by atoms with Gasteiger partial charge in [0.15, 0.2) is 11.6 Å². The van der Waals surface area contributed by atoms with Gasteiger partial charge < -0.3 is 10.4 Å². The van der Waals surface area contributed by atoms with Gasteiger partial charge in [-0.15, -0.1) is 0 Å². The van der Waals surface area contributed by atoms with Crippen LogP contribution in [0.4, 0.5) is 20.3 Å². The largest absolute Gasteiger partial charge is 0.394 e. The van der Waals surface area contributed by atoms with E-state index in [0.29, 0.717) is 0 Å². The lowest BCUT2D eigenvalue weighted by molar-refractivity contribution is 0.0168. The number of aromatic nitrogens is 1. The zero-order valence-electron chi connectivity index (χ0n) is 12.2. The third kappa shape index (κ3) is 4.77. The molecule has 6 nitrogen and oxygen atoms in total. The number of nitrogens with zero attached hydrogens (tertiary/aromatic N) is 1. The fourth-order valence-electron chi connectivity index (χ4n) is 1.74. The molecule has 0 spiro atoms. The number of nitrogens with one attached hydrogen (secondary N) is 2. The van der Waals surface area contributed by atoms with Crippen molar-refractivity contribution >= 4 is 56.5 Å². The number of aliphatic hydroxyl groups excluding tert-OH is 1. The molecule has 1 aromatic carbocycles. The Morgan fingerprint density at radius 3 is 2.68 bits per heavy atom. The Bertz CT molecular complexity index is 811. The summed E-state index contributed by atoms with van der Waals surface area (Å²) in [5.74, 6) is -3.44. The number of hydrogen-bond acceptors (Lipinski definition) is 5. The van der Waals surface area contributed by atoms with E-state index < -0.39 is 23.2 Å². The molecular formula is C14H10BrCl2F2N3O3. The van der Waals surface area contributed by atoms with Crippen LogP contribution >= 0.6 is 39.1 Å². The number of rotatable bonds is 6. The molecule has 0 saturated carbocycles. The Labute approximate surface area is 159 Å². The van der Waals surface area contributed by atoms with Crippen molar-refractivity contribution in [1.29, 1.82) is 0 Å². The van der Waals surface area contributed by atoms with Crippen LogP contribution in [0.1, 0.15) is 10.4 Å². The van der Waals surface area contributed by atoms with Gasteiger partial charge in [0.2, 0.25) is 0 Å². The van der Waals surface area contributed by atoms with Crippen LogP contribution in [-0.2, 0) is 4.84 Å². The van der Waals surface area contributed by atoms with E-state index >= 15 is 0 Å². The van der Waals surface area contributed by atoms with Gasteiger partial charge in [0, 0.05) is 6.20 Å². The average molecular weight is 457 g/mol. The van der Waals surface area contributed by atoms with Crippen LogP contribution in [0.2, 0.25) is 10.0 Å². The zero-order chi connectivity index (χ0) is 18.6. The summed E-state index contributed by atoms with van der Waals surface area (Å²) >= 11 is 14.5. The molecule has 1 heterocycles. The summed E-state index contributed by atoms with van der Waals surface area (Å²) in [4.78, 5) is 20.7. The highest BCUT2D eigenvalue weighted by atomic mass is 79.9. The van der Waals surface area contributed by atoms with Crippen molar-refractivity contribution in [1.82, 2.24) is 10.5 Å². The fraction of sp³-hybridized carbons (Fsp3) is 0.143. The maximum absolute atomic E-state index is 14.3. The predicted molar refractivity (Wildman–Crippen MR) is 92.1 cm³/mol. The van der Waals surface area contributed by atoms with Gasteiger partial charge in [-0.25, -0.2) is 19.2 Å². The Morgan fingerprint density at radius 1 is 1.32 bits per heavy atom. The minimum Gasteiger partial charge on any atom is -0.394 e. The molecule has 0 aliphatic rings. The van der Waals surface area contributed by atoms with Crippen LogP contribution in [0.15, 0.2) is 22.8 Å². The second kappa shape index (κ2) is 8.72. The summed E-state index contributed by atoms with van der Waals surface area (Å²) < 4.78 is 28.0. The Kier molecular flexibility index (Phi) is 6.91. The predicted octanol–water partition coefficient (Wildman–Crippen LogP) is 3.83. The first-order valence-corrected chi connectivity index (χ1v) is 8.18. The standard InChI is InChI=1S/C14H10BrCl2F2N3O3/c15-8-4-7(14(24)22-25-2-1-23)12(11(19)10(8)18)21-13-9(17)3-6(16)5-20-13/h3-5,23H,1-2H2,(H,20,21)(H,22,24). The SMILES string of the molecule is O=C(NOCCO)c1cc(Br)c(F)c(F)c1Nc1ncc(Cl)cc1Cl. The van der Waals surface area contributed by atoms with Crippen LogP contribution in [0.3, 0.4) is 0 Å². The van der Waals surface area contributed by atoms with E-state index in [1.165, 1.54) is 12.3 Å². The number of halogens is 5. The van der Waals surface area contributed by atoms with Crippen molar-refractivity contribution in [2.75, 3.05) is 18.5 Å². The van der Waals surface area contributed by atoms with Gasteiger partial charge in [0.1, 0.15) is 5.82 Å². The van der Waals surface area contributed by atoms with Gasteiger partial charge in [-0.2, -0.15) is 0 Å². The third-order valence-electron chi connectivity index (χ3n) is 2.82. The maximum Gasteiger partial charge on any atom is 0.277 e. The number of aliphatic hydroxyl groups is 1. The van der Waals surface area contributed by atoms with Crippen LogP contribution in [0, 0.1) is 11.6 Å². The lowest BCUT2D eigenvalue weighted by atomic mass is 10.1. The van der Waals surface area contributed by atoms with Gasteiger partial charge >= 0.3 is 0 Å². The fourth-order valence-corrected chi connectivity index (χ4v) is 2.57. The number of amides is 1. The van der Waals surface area contributed by atoms with E-state index in [1.54, 1.807) is 0 Å². The summed E-state index contributed by atoms with van der Waals surface area (Å²) in [5, 5.41) is 11.4. The van der Waals surface area contributed by atoms with Crippen molar-refractivity contribution in [3.63, 3.8) is 0 Å². The Hall–Kier alpha value is -1.52. The highest BCUT2D eigenvalue weighted by Gasteiger charge is 2.23. The van der Waals surface area contributed by atoms with E-state index in [4.69, 9.17) is 28.3 Å². The van der Waals surface area contributed by atoms with Crippen molar-refractivity contribution in [3.05, 3.63) is 50.0 Å². The monoisotopic (exact) mass is 455 g/mol. The van der Waals surface area contributed by atoms with Crippen molar-refractivity contribution in [2.24, 2.45) is 0 Å². The molecule has 25 heavy (non-hydrogen) atoms. The molecule has 134 valence electrons. The summed E-state index contributed by atoms with van der Waals surface area (Å²) in [5.41, 5.74) is 1.22. The highest BCUT2D eigenvalue weighted by molar-refractivity contribution is 9.10. The van der Waals surface area contributed by atoms with Crippen LogP contribution in [0.25, 0.3) is 0 Å². The van der Waals surface area contributed by atoms with Crippen molar-refractivity contribution in [2.45, 2.75) is 0 Å². The Balaban J connectivity index is 2.44. The molecule has 0 atom stereocenters. The van der Waals surface area contributed by atoms with E-state index in [1.807, 2.05) is 5.48 Å². The molecule has 0 radical (unpaired) electrons. The van der Waals surface area contributed by atoms with E-state index in [9.17, 15) is 13.6 Å². The van der Waals surface area contributed by atoms with Crippen LogP contribution in [-0.4, -0.2) is 29.2 Å². The molecule has 0 aliphatic heterocycles. The topological polar surface area (TPSA) is 83.5 Å². The van der Waals surface area contributed by atoms with Gasteiger partial charge in [0.05, 0.1) is 39.0 Å². The van der Waals surface area contributed by atoms with Crippen molar-refractivity contribution in [3.8, 4) is 0 Å². The Morgan fingerprint density at radius 2 is 2.04 bits per heavy atom. The molecule has 1 aromatic heterocycles. The molecular weight excluding hydrogens is 447 g/mol. The lowest BCUT2D eigenvalue weighted by Gasteiger charge is -2.15. The second-order valence-electron chi connectivity index (χ2n) is 4.52. The smallest absolute Gasteiger partial charge is 0.277 e. The number of carbonyl (C=O) groups is 1. The molecule has 0 aliphatic carbocycles. The number of hydrogen-bond donors (Lipinski definition) is 3. The molecule has 1 amide bonds. The molecule has 0 bridgehead atoms. The normalized spacial score (nSPS) is 10.6. The van der Waals surface area contributed by atoms with Crippen LogP contribution < -0.4 is 10.8 Å². The summed E-state index contributed by atoms with van der Waals surface area (Å²) in [6.07, 6.45) is 1.24. The zero-order valence-corrected chi connectivity index (χ0v) is 15.3. The number of pyridine rings is 1. The number of carbonyl (C=O) groups excluding carboxylic acids is 1. The molecule has 11 heteroatoms. The van der Waals surface area contributed by atoms with Gasteiger partial charge in [0.25, 0.3) is 5.91 Å². The van der Waals surface area contributed by atoms with Gasteiger partial charge in [-0.3, -0.25) is 9.63 Å².